The molecule has 2 amide bonds. The van der Waals surface area contributed by atoms with Gasteiger partial charge >= 0.3 is 0 Å². The van der Waals surface area contributed by atoms with Gasteiger partial charge in [0.25, 0.3) is 5.91 Å². The molecule has 1 aliphatic heterocycles. The van der Waals surface area contributed by atoms with Crippen molar-refractivity contribution in [3.8, 4) is 5.75 Å². The Labute approximate surface area is 120 Å². The number of hydrogen-bond acceptors (Lipinski definition) is 4. The van der Waals surface area contributed by atoms with Gasteiger partial charge in [-0.1, -0.05) is 6.07 Å². The predicted octanol–water partition coefficient (Wildman–Crippen LogP) is 0.599. The minimum absolute atomic E-state index is 0.0350. The van der Waals surface area contributed by atoms with E-state index in [4.69, 9.17) is 4.74 Å². The number of amides is 2. The van der Waals surface area contributed by atoms with Gasteiger partial charge in [0.15, 0.2) is 6.61 Å². The molecule has 0 bridgehead atoms. The van der Waals surface area contributed by atoms with Crippen molar-refractivity contribution in [2.24, 2.45) is 0 Å². The number of rotatable bonds is 4. The van der Waals surface area contributed by atoms with E-state index < -0.39 is 0 Å². The lowest BCUT2D eigenvalue weighted by Crippen LogP contribution is -2.26. The fraction of sp³-hybridized carbons (Fsp3) is 0.214. The number of anilines is 1. The van der Waals surface area contributed by atoms with Gasteiger partial charge in [-0.25, -0.2) is 4.98 Å². The molecule has 0 atom stereocenters. The summed E-state index contributed by atoms with van der Waals surface area (Å²) >= 11 is 0. The van der Waals surface area contributed by atoms with Crippen LogP contribution in [0.15, 0.2) is 30.7 Å². The number of hydrogen-bond donors (Lipinski definition) is 3. The van der Waals surface area contributed by atoms with E-state index in [1.807, 2.05) is 6.07 Å². The number of benzene rings is 1. The van der Waals surface area contributed by atoms with Crippen molar-refractivity contribution in [3.63, 3.8) is 0 Å². The molecule has 0 aliphatic carbocycles. The Morgan fingerprint density at radius 1 is 1.43 bits per heavy atom. The van der Waals surface area contributed by atoms with Crippen molar-refractivity contribution < 1.29 is 14.3 Å². The Balaban J connectivity index is 1.59. The zero-order chi connectivity index (χ0) is 14.7. The second-order valence-corrected chi connectivity index (χ2v) is 4.70. The molecule has 21 heavy (non-hydrogen) atoms. The third-order valence-electron chi connectivity index (χ3n) is 3.07. The van der Waals surface area contributed by atoms with E-state index in [-0.39, 0.29) is 24.8 Å². The molecule has 2 aromatic rings. The number of nitrogens with zero attached hydrogens (tertiary/aromatic N) is 1. The highest BCUT2D eigenvalue weighted by Crippen LogP contribution is 2.28. The highest BCUT2D eigenvalue weighted by Gasteiger charge is 2.16. The summed E-state index contributed by atoms with van der Waals surface area (Å²) in [5, 5.41) is 5.55. The van der Waals surface area contributed by atoms with Crippen LogP contribution < -0.4 is 15.4 Å². The molecule has 7 nitrogen and oxygen atoms in total. The highest BCUT2D eigenvalue weighted by atomic mass is 16.5. The third-order valence-corrected chi connectivity index (χ3v) is 3.07. The molecule has 108 valence electrons. The van der Waals surface area contributed by atoms with Crippen molar-refractivity contribution in [2.75, 3.05) is 11.9 Å². The van der Waals surface area contributed by atoms with Crippen LogP contribution in [0.5, 0.6) is 5.75 Å². The van der Waals surface area contributed by atoms with Crippen molar-refractivity contribution in [1.82, 2.24) is 15.3 Å². The van der Waals surface area contributed by atoms with Crippen LogP contribution in [0.4, 0.5) is 5.69 Å². The van der Waals surface area contributed by atoms with E-state index in [2.05, 4.69) is 20.6 Å². The number of aromatic nitrogens is 2. The van der Waals surface area contributed by atoms with E-state index >= 15 is 0 Å². The summed E-state index contributed by atoms with van der Waals surface area (Å²) in [6.45, 7) is 0.420. The summed E-state index contributed by atoms with van der Waals surface area (Å²) < 4.78 is 5.28. The molecular weight excluding hydrogens is 272 g/mol. The van der Waals surface area contributed by atoms with E-state index in [1.165, 1.54) is 6.33 Å². The first-order chi connectivity index (χ1) is 10.2. The molecule has 0 radical (unpaired) electrons. The first kappa shape index (κ1) is 13.2. The number of ether oxygens (including phenoxy) is 1. The molecule has 3 N–H and O–H groups in total. The standard InChI is InChI=1S/C14H14N4O3/c19-13(4-10-6-15-8-17-10)16-5-9-1-2-12-11(3-9)18-14(20)7-21-12/h1-3,6,8H,4-5,7H2,(H,15,17)(H,16,19)(H,18,20). The summed E-state index contributed by atoms with van der Waals surface area (Å²) in [6, 6.07) is 5.43. The van der Waals surface area contributed by atoms with Gasteiger partial charge in [0, 0.05) is 18.4 Å². The maximum atomic E-state index is 11.8. The lowest BCUT2D eigenvalue weighted by molar-refractivity contribution is -0.120. The summed E-state index contributed by atoms with van der Waals surface area (Å²) in [7, 11) is 0. The average molecular weight is 286 g/mol. The predicted molar refractivity (Wildman–Crippen MR) is 74.7 cm³/mol. The molecule has 2 heterocycles. The summed E-state index contributed by atoms with van der Waals surface area (Å²) in [6.07, 6.45) is 3.41. The molecule has 1 aliphatic rings. The fourth-order valence-corrected chi connectivity index (χ4v) is 2.06. The monoisotopic (exact) mass is 286 g/mol. The molecule has 3 rings (SSSR count). The molecule has 0 unspecified atom stereocenters. The largest absolute Gasteiger partial charge is 0.482 e. The first-order valence-electron chi connectivity index (χ1n) is 6.50. The van der Waals surface area contributed by atoms with Gasteiger partial charge in [-0.2, -0.15) is 0 Å². The minimum atomic E-state index is -0.178. The first-order valence-corrected chi connectivity index (χ1v) is 6.50. The van der Waals surface area contributed by atoms with Crippen LogP contribution in [0.2, 0.25) is 0 Å². The van der Waals surface area contributed by atoms with Crippen molar-refractivity contribution in [2.45, 2.75) is 13.0 Å². The normalized spacial score (nSPS) is 13.0. The average Bonchev–Trinajstić information content (AvgIpc) is 2.97. The van der Waals surface area contributed by atoms with Crippen LogP contribution in [-0.2, 0) is 22.6 Å². The van der Waals surface area contributed by atoms with Crippen LogP contribution in [0.3, 0.4) is 0 Å². The summed E-state index contributed by atoms with van der Waals surface area (Å²) in [4.78, 5) is 29.8. The van der Waals surface area contributed by atoms with Crippen molar-refractivity contribution >= 4 is 17.5 Å². The number of carbonyl (C=O) groups excluding carboxylic acids is 2. The molecule has 1 aromatic heterocycles. The van der Waals surface area contributed by atoms with Crippen molar-refractivity contribution in [1.29, 1.82) is 0 Å². The smallest absolute Gasteiger partial charge is 0.262 e. The van der Waals surface area contributed by atoms with Gasteiger partial charge in [0.05, 0.1) is 18.4 Å². The highest BCUT2D eigenvalue weighted by molar-refractivity contribution is 5.95. The van der Waals surface area contributed by atoms with Gasteiger partial charge in [0.1, 0.15) is 5.75 Å². The quantitative estimate of drug-likeness (QED) is 0.767. The molecule has 1 aromatic carbocycles. The molecule has 0 spiro atoms. The Morgan fingerprint density at radius 2 is 2.33 bits per heavy atom. The van der Waals surface area contributed by atoms with E-state index in [0.717, 1.165) is 11.3 Å². The van der Waals surface area contributed by atoms with Crippen LogP contribution >= 0.6 is 0 Å². The van der Waals surface area contributed by atoms with Gasteiger partial charge in [-0.15, -0.1) is 0 Å². The molecule has 0 fully saturated rings. The number of imidazole rings is 1. The molecule has 0 saturated carbocycles. The van der Waals surface area contributed by atoms with Crippen LogP contribution in [-0.4, -0.2) is 28.4 Å². The Hall–Kier alpha value is -2.83. The minimum Gasteiger partial charge on any atom is -0.482 e. The second kappa shape index (κ2) is 5.66. The Kier molecular flexibility index (Phi) is 3.55. The zero-order valence-electron chi connectivity index (χ0n) is 11.2. The van der Waals surface area contributed by atoms with Crippen molar-refractivity contribution in [3.05, 3.63) is 42.0 Å². The number of nitrogens with one attached hydrogen (secondary N) is 3. The molecule has 0 saturated heterocycles. The topological polar surface area (TPSA) is 96.1 Å². The maximum Gasteiger partial charge on any atom is 0.262 e. The Morgan fingerprint density at radius 3 is 3.14 bits per heavy atom. The van der Waals surface area contributed by atoms with Crippen LogP contribution in [0, 0.1) is 0 Å². The number of carbonyl (C=O) groups is 2. The third kappa shape index (κ3) is 3.19. The fourth-order valence-electron chi connectivity index (χ4n) is 2.06. The summed E-state index contributed by atoms with van der Waals surface area (Å²) in [5.41, 5.74) is 2.28. The van der Waals surface area contributed by atoms with E-state index in [9.17, 15) is 9.59 Å². The Bertz CT molecular complexity index is 667. The van der Waals surface area contributed by atoms with Gasteiger partial charge in [-0.3, -0.25) is 9.59 Å². The second-order valence-electron chi connectivity index (χ2n) is 4.70. The van der Waals surface area contributed by atoms with Gasteiger partial charge in [0.2, 0.25) is 5.91 Å². The number of aromatic amines is 1. The zero-order valence-corrected chi connectivity index (χ0v) is 11.2. The van der Waals surface area contributed by atoms with Crippen LogP contribution in [0.1, 0.15) is 11.3 Å². The van der Waals surface area contributed by atoms with Gasteiger partial charge in [-0.05, 0) is 17.7 Å². The number of H-pyrrole nitrogens is 1. The lowest BCUT2D eigenvalue weighted by Gasteiger charge is -2.18. The van der Waals surface area contributed by atoms with Crippen LogP contribution in [0.25, 0.3) is 0 Å². The summed E-state index contributed by atoms with van der Waals surface area (Å²) in [5.74, 6) is 0.363. The SMILES string of the molecule is O=C(Cc1cnc[nH]1)NCc1ccc2c(c1)NC(=O)CO2. The lowest BCUT2D eigenvalue weighted by atomic mass is 10.1. The van der Waals surface area contributed by atoms with Gasteiger partial charge < -0.3 is 20.4 Å². The maximum absolute atomic E-state index is 11.8. The van der Waals surface area contributed by atoms with E-state index in [1.54, 1.807) is 18.3 Å². The number of fused-ring (bicyclic) bond motifs is 1. The molecule has 7 heteroatoms. The molecular formula is C14H14N4O3. The van der Waals surface area contributed by atoms with E-state index in [0.29, 0.717) is 18.0 Å².